The topological polar surface area (TPSA) is 46.2 Å². The van der Waals surface area contributed by atoms with Gasteiger partial charge in [-0.15, -0.1) is 0 Å². The van der Waals surface area contributed by atoms with E-state index in [0.717, 1.165) is 48.4 Å². The van der Waals surface area contributed by atoms with Gasteiger partial charge < -0.3 is 5.32 Å². The summed E-state index contributed by atoms with van der Waals surface area (Å²) in [5, 5.41) is 3.31. The number of Topliss-reactive ketones (excluding diaryl/α,β-unsaturated/α-hetero) is 1. The average molecular weight is 263 g/mol. The summed E-state index contributed by atoms with van der Waals surface area (Å²) in [7, 11) is -1.02. The van der Waals surface area contributed by atoms with Crippen molar-refractivity contribution in [2.45, 2.75) is 24.2 Å². The summed E-state index contributed by atoms with van der Waals surface area (Å²) in [6.45, 7) is 1.85. The van der Waals surface area contributed by atoms with Gasteiger partial charge in [0.2, 0.25) is 0 Å². The molecule has 1 saturated heterocycles. The van der Waals surface area contributed by atoms with Crippen molar-refractivity contribution < 1.29 is 9.00 Å². The van der Waals surface area contributed by atoms with Gasteiger partial charge in [-0.05, 0) is 50.0 Å². The van der Waals surface area contributed by atoms with Crippen molar-refractivity contribution in [3.05, 3.63) is 29.3 Å². The van der Waals surface area contributed by atoms with Crippen LogP contribution in [0.15, 0.2) is 23.1 Å². The molecule has 0 radical (unpaired) electrons. The number of hydrogen-bond donors (Lipinski definition) is 1. The summed E-state index contributed by atoms with van der Waals surface area (Å²) < 4.78 is 11.5. The molecule has 1 fully saturated rings. The number of carbonyl (C=O) groups is 1. The average Bonchev–Trinajstić information content (AvgIpc) is 2.63. The van der Waals surface area contributed by atoms with Crippen LogP contribution in [0.1, 0.15) is 28.8 Å². The Labute approximate surface area is 109 Å². The van der Waals surface area contributed by atoms with E-state index >= 15 is 0 Å². The Bertz CT molecular complexity index is 533. The van der Waals surface area contributed by atoms with Crippen LogP contribution in [-0.4, -0.2) is 29.3 Å². The predicted molar refractivity (Wildman–Crippen MR) is 71.3 cm³/mol. The molecule has 0 aromatic heterocycles. The van der Waals surface area contributed by atoms with Gasteiger partial charge in [0.05, 0.1) is 0 Å². The van der Waals surface area contributed by atoms with Crippen LogP contribution in [-0.2, 0) is 17.2 Å². The van der Waals surface area contributed by atoms with E-state index < -0.39 is 10.8 Å². The lowest BCUT2D eigenvalue weighted by molar-refractivity contribution is 0.0762. The summed E-state index contributed by atoms with van der Waals surface area (Å²) in [6.07, 6.45) is 4.36. The maximum Gasteiger partial charge on any atom is 0.169 e. The summed E-state index contributed by atoms with van der Waals surface area (Å²) in [5.74, 6) is 0.270. The highest BCUT2D eigenvalue weighted by atomic mass is 32.2. The van der Waals surface area contributed by atoms with Crippen molar-refractivity contribution in [1.82, 2.24) is 5.32 Å². The van der Waals surface area contributed by atoms with Gasteiger partial charge in [-0.25, -0.2) is 0 Å². The number of rotatable bonds is 1. The zero-order valence-corrected chi connectivity index (χ0v) is 11.3. The van der Waals surface area contributed by atoms with E-state index in [2.05, 4.69) is 5.32 Å². The van der Waals surface area contributed by atoms with Crippen molar-refractivity contribution in [1.29, 1.82) is 0 Å². The molecule has 3 rings (SSSR count). The third-order valence-corrected chi connectivity index (χ3v) is 5.15. The van der Waals surface area contributed by atoms with Gasteiger partial charge in [-0.1, -0.05) is 6.07 Å². The lowest BCUT2D eigenvalue weighted by Crippen LogP contribution is -2.40. The molecule has 1 aliphatic carbocycles. The monoisotopic (exact) mass is 263 g/mol. The first kappa shape index (κ1) is 12.1. The molecular formula is C14H17NO2S. The van der Waals surface area contributed by atoms with Crippen molar-refractivity contribution in [2.24, 2.45) is 5.41 Å². The fourth-order valence-corrected chi connectivity index (χ4v) is 3.68. The summed E-state index contributed by atoms with van der Waals surface area (Å²) in [6, 6.07) is 5.72. The van der Waals surface area contributed by atoms with E-state index in [1.807, 2.05) is 18.2 Å². The highest BCUT2D eigenvalue weighted by molar-refractivity contribution is 7.84. The Balaban J connectivity index is 2.01. The number of fused-ring (bicyclic) bond motifs is 1. The zero-order chi connectivity index (χ0) is 12.8. The van der Waals surface area contributed by atoms with Crippen LogP contribution in [0, 0.1) is 5.41 Å². The quantitative estimate of drug-likeness (QED) is 0.836. The molecule has 0 bridgehead atoms. The highest BCUT2D eigenvalue weighted by Gasteiger charge is 2.45. The van der Waals surface area contributed by atoms with Crippen LogP contribution in [0.2, 0.25) is 0 Å². The molecular weight excluding hydrogens is 246 g/mol. The van der Waals surface area contributed by atoms with Crippen LogP contribution < -0.4 is 5.32 Å². The Hall–Kier alpha value is -1.00. The second-order valence-electron chi connectivity index (χ2n) is 5.31. The third kappa shape index (κ3) is 1.75. The van der Waals surface area contributed by atoms with E-state index in [4.69, 9.17) is 0 Å². The number of hydrogen-bond acceptors (Lipinski definition) is 3. The molecule has 1 N–H and O–H groups in total. The molecule has 1 heterocycles. The largest absolute Gasteiger partial charge is 0.317 e. The van der Waals surface area contributed by atoms with Crippen LogP contribution in [0.4, 0.5) is 0 Å². The van der Waals surface area contributed by atoms with E-state index in [1.165, 1.54) is 0 Å². The van der Waals surface area contributed by atoms with Gasteiger partial charge in [0.1, 0.15) is 0 Å². The predicted octanol–water partition coefficient (Wildman–Crippen LogP) is 1.53. The van der Waals surface area contributed by atoms with Gasteiger partial charge >= 0.3 is 0 Å². The minimum atomic E-state index is -1.02. The van der Waals surface area contributed by atoms with Crippen LogP contribution >= 0.6 is 0 Å². The highest BCUT2D eigenvalue weighted by Crippen LogP contribution is 2.43. The van der Waals surface area contributed by atoms with Crippen molar-refractivity contribution in [3.63, 3.8) is 0 Å². The smallest absolute Gasteiger partial charge is 0.169 e. The van der Waals surface area contributed by atoms with Crippen molar-refractivity contribution in [2.75, 3.05) is 19.3 Å². The molecule has 3 nitrogen and oxygen atoms in total. The first-order chi connectivity index (χ1) is 8.62. The molecule has 1 spiro atoms. The molecule has 1 aromatic carbocycles. The van der Waals surface area contributed by atoms with Crippen molar-refractivity contribution in [3.8, 4) is 0 Å². The SMILES string of the molecule is CS(=O)c1ccc2c(c1)C(=O)C1(CCNCC1)C2. The van der Waals surface area contributed by atoms with Gasteiger partial charge in [-0.2, -0.15) is 0 Å². The number of carbonyl (C=O) groups excluding carboxylic acids is 1. The second kappa shape index (κ2) is 4.28. The summed E-state index contributed by atoms with van der Waals surface area (Å²) in [5.41, 5.74) is 1.77. The molecule has 1 unspecified atom stereocenters. The molecule has 2 aliphatic rings. The molecule has 0 saturated carbocycles. The van der Waals surface area contributed by atoms with Crippen molar-refractivity contribution >= 4 is 16.6 Å². The number of ketones is 1. The Morgan fingerprint density at radius 1 is 1.28 bits per heavy atom. The minimum absolute atomic E-state index is 0.179. The Kier molecular flexibility index (Phi) is 2.87. The Morgan fingerprint density at radius 2 is 2.00 bits per heavy atom. The molecule has 4 heteroatoms. The van der Waals surface area contributed by atoms with Crippen LogP contribution in [0.25, 0.3) is 0 Å². The summed E-state index contributed by atoms with van der Waals surface area (Å²) in [4.78, 5) is 13.4. The lowest BCUT2D eigenvalue weighted by atomic mass is 9.75. The number of piperidine rings is 1. The third-order valence-electron chi connectivity index (χ3n) is 4.23. The number of nitrogens with one attached hydrogen (secondary N) is 1. The van der Waals surface area contributed by atoms with E-state index in [-0.39, 0.29) is 11.2 Å². The first-order valence-corrected chi connectivity index (χ1v) is 7.90. The van der Waals surface area contributed by atoms with Crippen LogP contribution in [0.3, 0.4) is 0 Å². The fraction of sp³-hybridized carbons (Fsp3) is 0.500. The molecule has 1 aromatic rings. The maximum atomic E-state index is 12.6. The molecule has 18 heavy (non-hydrogen) atoms. The minimum Gasteiger partial charge on any atom is -0.317 e. The second-order valence-corrected chi connectivity index (χ2v) is 6.69. The van der Waals surface area contributed by atoms with Crippen LogP contribution in [0.5, 0.6) is 0 Å². The van der Waals surface area contributed by atoms with Gasteiger partial charge in [0, 0.05) is 32.9 Å². The number of benzene rings is 1. The molecule has 1 atom stereocenters. The molecule has 1 aliphatic heterocycles. The van der Waals surface area contributed by atoms with Gasteiger partial charge in [0.25, 0.3) is 0 Å². The van der Waals surface area contributed by atoms with E-state index in [1.54, 1.807) is 6.26 Å². The molecule has 96 valence electrons. The summed E-state index contributed by atoms with van der Waals surface area (Å²) >= 11 is 0. The van der Waals surface area contributed by atoms with Gasteiger partial charge in [-0.3, -0.25) is 9.00 Å². The lowest BCUT2D eigenvalue weighted by Gasteiger charge is -2.31. The fourth-order valence-electron chi connectivity index (χ4n) is 3.14. The molecule has 0 amide bonds. The van der Waals surface area contributed by atoms with E-state index in [0.29, 0.717) is 0 Å². The first-order valence-electron chi connectivity index (χ1n) is 6.34. The van der Waals surface area contributed by atoms with Gasteiger partial charge in [0.15, 0.2) is 5.78 Å². The van der Waals surface area contributed by atoms with E-state index in [9.17, 15) is 9.00 Å². The maximum absolute atomic E-state index is 12.6. The zero-order valence-electron chi connectivity index (χ0n) is 10.5. The standard InChI is InChI=1S/C14H17NO2S/c1-18(17)11-3-2-10-9-14(4-6-15-7-5-14)13(16)12(10)8-11/h2-3,8,15H,4-7,9H2,1H3. The Morgan fingerprint density at radius 3 is 2.67 bits per heavy atom. The normalized spacial score (nSPS) is 23.1.